The molecule has 1 aromatic rings. The summed E-state index contributed by atoms with van der Waals surface area (Å²) >= 11 is 1.36. The number of amides is 2. The lowest BCUT2D eigenvalue weighted by Crippen LogP contribution is -2.36. The molecule has 1 heterocycles. The van der Waals surface area contributed by atoms with E-state index in [1.54, 1.807) is 30.6 Å². The Morgan fingerprint density at radius 2 is 2.11 bits per heavy atom. The van der Waals surface area contributed by atoms with E-state index in [0.717, 1.165) is 12.8 Å². The van der Waals surface area contributed by atoms with Gasteiger partial charge in [0.05, 0.1) is 5.56 Å². The summed E-state index contributed by atoms with van der Waals surface area (Å²) in [6.45, 7) is 2.04. The molecule has 6 heteroatoms. The van der Waals surface area contributed by atoms with Gasteiger partial charge in [-0.3, -0.25) is 15.0 Å². The maximum atomic E-state index is 11.8. The summed E-state index contributed by atoms with van der Waals surface area (Å²) in [5.41, 5.74) is 3.15. The molecule has 1 aromatic heterocycles. The van der Waals surface area contributed by atoms with Gasteiger partial charge in [-0.2, -0.15) is 0 Å². The molecule has 100 valence electrons. The summed E-state index contributed by atoms with van der Waals surface area (Å²) in [5.74, 6) is -0.259. The van der Waals surface area contributed by atoms with E-state index in [1.807, 2.05) is 6.92 Å². The van der Waals surface area contributed by atoms with E-state index in [-0.39, 0.29) is 11.8 Å². The third-order valence-electron chi connectivity index (χ3n) is 2.25. The normalized spacial score (nSPS) is 10.4. The van der Waals surface area contributed by atoms with Gasteiger partial charge in [-0.1, -0.05) is 13.3 Å². The van der Waals surface area contributed by atoms with Crippen molar-refractivity contribution in [2.75, 3.05) is 19.4 Å². The third-order valence-corrected chi connectivity index (χ3v) is 3.08. The van der Waals surface area contributed by atoms with Crippen LogP contribution < -0.4 is 10.7 Å². The van der Waals surface area contributed by atoms with Crippen molar-refractivity contribution >= 4 is 28.2 Å². The van der Waals surface area contributed by atoms with Crippen molar-refractivity contribution in [3.05, 3.63) is 17.0 Å². The lowest BCUT2D eigenvalue weighted by atomic mass is 10.2. The molecule has 2 amide bonds. The molecule has 18 heavy (non-hydrogen) atoms. The number of hydrogen-bond acceptors (Lipinski definition) is 4. The molecule has 0 aliphatic rings. The van der Waals surface area contributed by atoms with Gasteiger partial charge in [0.2, 0.25) is 5.91 Å². The molecule has 0 aliphatic carbocycles. The number of nitrogens with zero attached hydrogens (tertiary/aromatic N) is 1. The second kappa shape index (κ2) is 7.13. The van der Waals surface area contributed by atoms with Gasteiger partial charge >= 0.3 is 0 Å². The maximum absolute atomic E-state index is 11.8. The van der Waals surface area contributed by atoms with E-state index in [0.29, 0.717) is 17.0 Å². The van der Waals surface area contributed by atoms with Crippen molar-refractivity contribution < 1.29 is 9.59 Å². The van der Waals surface area contributed by atoms with Crippen LogP contribution in [0.2, 0.25) is 0 Å². The van der Waals surface area contributed by atoms with Crippen LogP contribution in [-0.4, -0.2) is 30.9 Å². The molecule has 0 radical (unpaired) electrons. The number of unbranched alkanes of at least 4 members (excludes halogenated alkanes) is 1. The van der Waals surface area contributed by atoms with Gasteiger partial charge < -0.3 is 5.32 Å². The molecular weight excluding hydrogens is 250 g/mol. The Labute approximate surface area is 111 Å². The predicted molar refractivity (Wildman–Crippen MR) is 73.6 cm³/mol. The minimum atomic E-state index is -0.216. The number of hydrogen-bond donors (Lipinski definition) is 2. The summed E-state index contributed by atoms with van der Waals surface area (Å²) < 4.78 is 0. The summed E-state index contributed by atoms with van der Waals surface area (Å²) in [6.07, 6.45) is 2.32. The molecule has 5 nitrogen and oxygen atoms in total. The van der Waals surface area contributed by atoms with Crippen LogP contribution in [0.5, 0.6) is 0 Å². The number of hydrazine groups is 1. The molecular formula is C12H19N3O2S. The van der Waals surface area contributed by atoms with E-state index in [1.165, 1.54) is 11.3 Å². The van der Waals surface area contributed by atoms with Crippen LogP contribution >= 0.6 is 11.3 Å². The first kappa shape index (κ1) is 14.7. The lowest BCUT2D eigenvalue weighted by Gasteiger charge is -2.12. The Balaban J connectivity index is 2.65. The molecule has 0 spiro atoms. The van der Waals surface area contributed by atoms with Crippen LogP contribution in [0.3, 0.4) is 0 Å². The van der Waals surface area contributed by atoms with E-state index in [2.05, 4.69) is 10.7 Å². The average molecular weight is 269 g/mol. The van der Waals surface area contributed by atoms with E-state index in [4.69, 9.17) is 0 Å². The SMILES string of the molecule is CCCCC(=O)Nc1sccc1C(=O)NN(C)C. The third kappa shape index (κ3) is 4.46. The van der Waals surface area contributed by atoms with Crippen molar-refractivity contribution in [2.24, 2.45) is 0 Å². The minimum absolute atomic E-state index is 0.0433. The van der Waals surface area contributed by atoms with Gasteiger partial charge in [-0.25, -0.2) is 5.01 Å². The van der Waals surface area contributed by atoms with Crippen LogP contribution in [0.25, 0.3) is 0 Å². The molecule has 1 rings (SSSR count). The number of anilines is 1. The largest absolute Gasteiger partial charge is 0.317 e. The molecule has 0 saturated carbocycles. The highest BCUT2D eigenvalue weighted by atomic mass is 32.1. The summed E-state index contributed by atoms with van der Waals surface area (Å²) in [6, 6.07) is 1.71. The molecule has 0 unspecified atom stereocenters. The molecule has 0 bridgehead atoms. The fourth-order valence-electron chi connectivity index (χ4n) is 1.37. The zero-order chi connectivity index (χ0) is 13.5. The van der Waals surface area contributed by atoms with E-state index < -0.39 is 0 Å². The molecule has 0 aliphatic heterocycles. The average Bonchev–Trinajstić information content (AvgIpc) is 2.73. The quantitative estimate of drug-likeness (QED) is 0.777. The molecule has 0 aromatic carbocycles. The van der Waals surface area contributed by atoms with Gasteiger partial charge in [0.1, 0.15) is 5.00 Å². The number of carbonyl (C=O) groups excluding carboxylic acids is 2. The summed E-state index contributed by atoms with van der Waals surface area (Å²) in [7, 11) is 3.48. The van der Waals surface area contributed by atoms with Gasteiger partial charge in [-0.05, 0) is 17.9 Å². The van der Waals surface area contributed by atoms with Crippen molar-refractivity contribution in [3.63, 3.8) is 0 Å². The topological polar surface area (TPSA) is 61.4 Å². The minimum Gasteiger partial charge on any atom is -0.317 e. The number of carbonyl (C=O) groups is 2. The van der Waals surface area contributed by atoms with Gasteiger partial charge in [0.15, 0.2) is 0 Å². The second-order valence-corrected chi connectivity index (χ2v) is 5.07. The lowest BCUT2D eigenvalue weighted by molar-refractivity contribution is -0.116. The predicted octanol–water partition coefficient (Wildman–Crippen LogP) is 2.08. The Kier molecular flexibility index (Phi) is 5.80. The summed E-state index contributed by atoms with van der Waals surface area (Å²) in [5, 5.41) is 6.75. The second-order valence-electron chi connectivity index (χ2n) is 4.15. The number of nitrogens with one attached hydrogen (secondary N) is 2. The molecule has 0 atom stereocenters. The standard InChI is InChI=1S/C12H19N3O2S/c1-4-5-6-10(16)13-12-9(7-8-18-12)11(17)14-15(2)3/h7-8H,4-6H2,1-3H3,(H,13,16)(H,14,17). The van der Waals surface area contributed by atoms with Crippen LogP contribution in [0.15, 0.2) is 11.4 Å². The first-order chi connectivity index (χ1) is 8.54. The van der Waals surface area contributed by atoms with Crippen LogP contribution in [-0.2, 0) is 4.79 Å². The fourth-order valence-corrected chi connectivity index (χ4v) is 2.18. The summed E-state index contributed by atoms with van der Waals surface area (Å²) in [4.78, 5) is 23.5. The van der Waals surface area contributed by atoms with Crippen LogP contribution in [0.1, 0.15) is 36.5 Å². The van der Waals surface area contributed by atoms with Crippen LogP contribution in [0, 0.1) is 0 Å². The van der Waals surface area contributed by atoms with Crippen molar-refractivity contribution in [1.82, 2.24) is 10.4 Å². The van der Waals surface area contributed by atoms with E-state index >= 15 is 0 Å². The Morgan fingerprint density at radius 1 is 1.39 bits per heavy atom. The highest BCUT2D eigenvalue weighted by Crippen LogP contribution is 2.23. The Bertz CT molecular complexity index is 415. The monoisotopic (exact) mass is 269 g/mol. The highest BCUT2D eigenvalue weighted by Gasteiger charge is 2.15. The van der Waals surface area contributed by atoms with E-state index in [9.17, 15) is 9.59 Å². The zero-order valence-corrected chi connectivity index (χ0v) is 11.8. The number of rotatable bonds is 6. The van der Waals surface area contributed by atoms with Crippen LogP contribution in [0.4, 0.5) is 5.00 Å². The van der Waals surface area contributed by atoms with Gasteiger partial charge in [-0.15, -0.1) is 11.3 Å². The van der Waals surface area contributed by atoms with Crippen molar-refractivity contribution in [1.29, 1.82) is 0 Å². The first-order valence-electron chi connectivity index (χ1n) is 5.90. The fraction of sp³-hybridized carbons (Fsp3) is 0.500. The number of thiophene rings is 1. The van der Waals surface area contributed by atoms with Crippen molar-refractivity contribution in [3.8, 4) is 0 Å². The Morgan fingerprint density at radius 3 is 2.72 bits per heavy atom. The highest BCUT2D eigenvalue weighted by molar-refractivity contribution is 7.14. The Hall–Kier alpha value is -1.40. The van der Waals surface area contributed by atoms with Gasteiger partial charge in [0, 0.05) is 20.5 Å². The first-order valence-corrected chi connectivity index (χ1v) is 6.78. The zero-order valence-electron chi connectivity index (χ0n) is 10.9. The molecule has 0 fully saturated rings. The molecule has 0 saturated heterocycles. The maximum Gasteiger partial charge on any atom is 0.268 e. The van der Waals surface area contributed by atoms with Crippen molar-refractivity contribution in [2.45, 2.75) is 26.2 Å². The molecule has 2 N–H and O–H groups in total. The van der Waals surface area contributed by atoms with Gasteiger partial charge in [0.25, 0.3) is 5.91 Å². The smallest absolute Gasteiger partial charge is 0.268 e.